The van der Waals surface area contributed by atoms with E-state index in [0.29, 0.717) is 52.7 Å². The van der Waals surface area contributed by atoms with Gasteiger partial charge in [-0.2, -0.15) is 5.11 Å². The predicted molar refractivity (Wildman–Crippen MR) is 74.3 cm³/mol. The van der Waals surface area contributed by atoms with E-state index >= 15 is 0 Å². The maximum Gasteiger partial charge on any atom is 0.332 e. The second kappa shape index (κ2) is 11.7. The molecule has 0 spiro atoms. The maximum atomic E-state index is 10.7. The zero-order valence-electron chi connectivity index (χ0n) is 12.2. The van der Waals surface area contributed by atoms with Crippen LogP contribution in [0.4, 0.5) is 0 Å². The summed E-state index contributed by atoms with van der Waals surface area (Å²) in [6.45, 7) is 3.66. The summed E-state index contributed by atoms with van der Waals surface area (Å²) in [6.07, 6.45) is 0. The van der Waals surface area contributed by atoms with Gasteiger partial charge >= 0.3 is 5.97 Å². The number of azide groups is 1. The molecule has 0 saturated carbocycles. The lowest BCUT2D eigenvalue weighted by atomic mass is 10.3. The van der Waals surface area contributed by atoms with Gasteiger partial charge in [-0.1, -0.05) is 10.3 Å². The van der Waals surface area contributed by atoms with E-state index in [1.54, 1.807) is 5.01 Å². The molecule has 22 heavy (non-hydrogen) atoms. The van der Waals surface area contributed by atoms with E-state index in [0.717, 1.165) is 0 Å². The van der Waals surface area contributed by atoms with Crippen molar-refractivity contribution in [1.82, 2.24) is 5.01 Å². The van der Waals surface area contributed by atoms with Crippen LogP contribution < -0.4 is 0 Å². The van der Waals surface area contributed by atoms with E-state index in [4.69, 9.17) is 24.8 Å². The highest BCUT2D eigenvalue weighted by atomic mass is 16.5. The third-order valence-electron chi connectivity index (χ3n) is 2.62. The van der Waals surface area contributed by atoms with Gasteiger partial charge in [-0.05, 0) is 5.53 Å². The van der Waals surface area contributed by atoms with Crippen LogP contribution >= 0.6 is 0 Å². The highest BCUT2D eigenvalue weighted by Gasteiger charge is 2.25. The van der Waals surface area contributed by atoms with Crippen molar-refractivity contribution in [3.8, 4) is 0 Å². The third kappa shape index (κ3) is 8.37. The first kappa shape index (κ1) is 18.1. The van der Waals surface area contributed by atoms with Crippen LogP contribution in [0.1, 0.15) is 0 Å². The lowest BCUT2D eigenvalue weighted by molar-refractivity contribution is -0.138. The van der Waals surface area contributed by atoms with Crippen molar-refractivity contribution in [3.05, 3.63) is 10.4 Å². The molecule has 0 amide bonds. The zero-order valence-corrected chi connectivity index (χ0v) is 12.2. The molecule has 0 saturated heterocycles. The summed E-state index contributed by atoms with van der Waals surface area (Å²) >= 11 is 0. The van der Waals surface area contributed by atoms with Crippen molar-refractivity contribution in [2.45, 2.75) is 6.04 Å². The van der Waals surface area contributed by atoms with Crippen LogP contribution in [-0.4, -0.2) is 81.4 Å². The largest absolute Gasteiger partial charge is 0.480 e. The average Bonchev–Trinajstić information content (AvgIpc) is 2.97. The van der Waals surface area contributed by atoms with Gasteiger partial charge in [-0.25, -0.2) is 4.79 Å². The average molecular weight is 316 g/mol. The summed E-state index contributed by atoms with van der Waals surface area (Å²) in [4.78, 5) is 13.3. The van der Waals surface area contributed by atoms with E-state index in [1.807, 2.05) is 0 Å². The Morgan fingerprint density at radius 1 is 1.23 bits per heavy atom. The Kier molecular flexibility index (Phi) is 9.62. The number of nitrogens with zero attached hydrogens (tertiary/aromatic N) is 6. The van der Waals surface area contributed by atoms with Crippen LogP contribution in [0.15, 0.2) is 15.5 Å². The normalized spacial score (nSPS) is 16.7. The molecule has 0 bridgehead atoms. The minimum Gasteiger partial charge on any atom is -0.480 e. The van der Waals surface area contributed by atoms with E-state index in [1.165, 1.54) is 0 Å². The van der Waals surface area contributed by atoms with Gasteiger partial charge in [0.05, 0.1) is 52.7 Å². The number of hydrogen-bond donors (Lipinski definition) is 1. The number of aliphatic carboxylic acids is 1. The molecule has 1 N–H and O–H groups in total. The molecule has 0 aliphatic carbocycles. The molecule has 1 heterocycles. The van der Waals surface area contributed by atoms with Crippen LogP contribution in [0.5, 0.6) is 0 Å². The summed E-state index contributed by atoms with van der Waals surface area (Å²) in [5.41, 5.74) is 8.04. The number of ether oxygens (including phenoxy) is 3. The molecule has 0 aromatic heterocycles. The van der Waals surface area contributed by atoms with Gasteiger partial charge in [0.1, 0.15) is 0 Å². The fourth-order valence-corrected chi connectivity index (χ4v) is 1.53. The van der Waals surface area contributed by atoms with Crippen LogP contribution in [0.2, 0.25) is 0 Å². The van der Waals surface area contributed by atoms with Crippen molar-refractivity contribution in [1.29, 1.82) is 0 Å². The third-order valence-corrected chi connectivity index (χ3v) is 2.62. The van der Waals surface area contributed by atoms with E-state index < -0.39 is 12.0 Å². The summed E-state index contributed by atoms with van der Waals surface area (Å²) in [5, 5.41) is 21.0. The van der Waals surface area contributed by atoms with Gasteiger partial charge in [-0.3, -0.25) is 5.01 Å². The molecule has 1 aliphatic rings. The predicted octanol–water partition coefficient (Wildman–Crippen LogP) is 0.483. The number of carboxylic acids is 1. The van der Waals surface area contributed by atoms with Crippen molar-refractivity contribution in [3.63, 3.8) is 0 Å². The Bertz CT molecular complexity index is 400. The summed E-state index contributed by atoms with van der Waals surface area (Å²) in [7, 11) is 0. The zero-order chi connectivity index (χ0) is 16.0. The van der Waals surface area contributed by atoms with Crippen LogP contribution in [0.25, 0.3) is 10.4 Å². The molecule has 0 aromatic rings. The Balaban J connectivity index is 1.82. The van der Waals surface area contributed by atoms with Crippen LogP contribution in [-0.2, 0) is 19.0 Å². The smallest absolute Gasteiger partial charge is 0.332 e. The maximum absolute atomic E-state index is 10.7. The Morgan fingerprint density at radius 2 is 1.86 bits per heavy atom. The first-order valence-corrected chi connectivity index (χ1v) is 6.86. The van der Waals surface area contributed by atoms with Crippen molar-refractivity contribution in [2.24, 2.45) is 15.5 Å². The topological polar surface area (TPSA) is 142 Å². The molecule has 0 fully saturated rings. The monoisotopic (exact) mass is 316 g/mol. The Labute approximate surface area is 127 Å². The fraction of sp³-hybridized carbons (Fsp3) is 0.909. The van der Waals surface area contributed by atoms with E-state index in [2.05, 4.69) is 20.4 Å². The van der Waals surface area contributed by atoms with Crippen molar-refractivity contribution < 1.29 is 24.1 Å². The summed E-state index contributed by atoms with van der Waals surface area (Å²) in [5.74, 6) is -0.970. The van der Waals surface area contributed by atoms with E-state index in [9.17, 15) is 4.79 Å². The summed E-state index contributed by atoms with van der Waals surface area (Å²) in [6, 6.07) is -0.776. The summed E-state index contributed by atoms with van der Waals surface area (Å²) < 4.78 is 15.8. The van der Waals surface area contributed by atoms with Crippen LogP contribution in [0.3, 0.4) is 0 Å². The molecule has 1 rings (SSSR count). The molecule has 0 radical (unpaired) electrons. The number of carbonyl (C=O) groups is 1. The lowest BCUT2D eigenvalue weighted by Gasteiger charge is -2.12. The molecule has 1 unspecified atom stereocenters. The van der Waals surface area contributed by atoms with Gasteiger partial charge in [0.25, 0.3) is 0 Å². The van der Waals surface area contributed by atoms with Crippen LogP contribution in [0, 0.1) is 0 Å². The van der Waals surface area contributed by atoms with Gasteiger partial charge in [-0.15, -0.1) is 0 Å². The Hall–Kier alpha value is -1.94. The molecule has 0 aromatic carbocycles. The minimum atomic E-state index is -0.970. The quantitative estimate of drug-likeness (QED) is 0.227. The molecule has 124 valence electrons. The second-order valence-electron chi connectivity index (χ2n) is 4.26. The molecule has 1 atom stereocenters. The van der Waals surface area contributed by atoms with Gasteiger partial charge < -0.3 is 19.3 Å². The number of rotatable bonds is 13. The molecule has 11 nitrogen and oxygen atoms in total. The Morgan fingerprint density at radius 3 is 2.45 bits per heavy atom. The standard InChI is InChI=1S/C11H20N6O5/c12-15-13-1-3-20-5-7-22-8-6-21-4-2-17-9-10(11(18)19)14-16-17/h10H,1-9H2,(H,18,19). The second-order valence-corrected chi connectivity index (χ2v) is 4.26. The first-order valence-electron chi connectivity index (χ1n) is 6.86. The van der Waals surface area contributed by atoms with Gasteiger partial charge in [0.15, 0.2) is 6.04 Å². The minimum absolute atomic E-state index is 0.280. The van der Waals surface area contributed by atoms with Gasteiger partial charge in [0.2, 0.25) is 0 Å². The first-order chi connectivity index (χ1) is 10.7. The molecular weight excluding hydrogens is 296 g/mol. The van der Waals surface area contributed by atoms with Crippen molar-refractivity contribution >= 4 is 5.97 Å². The SMILES string of the molecule is [N-]=[N+]=NCCOCCOCCOCCN1CC(C(=O)O)N=N1. The molecular formula is C11H20N6O5. The highest BCUT2D eigenvalue weighted by Crippen LogP contribution is 2.07. The number of hydrogen-bond acceptors (Lipinski definition) is 8. The van der Waals surface area contributed by atoms with Gasteiger partial charge in [0, 0.05) is 11.5 Å². The molecule has 1 aliphatic heterocycles. The van der Waals surface area contributed by atoms with Crippen molar-refractivity contribution in [2.75, 3.05) is 59.3 Å². The lowest BCUT2D eigenvalue weighted by Crippen LogP contribution is -2.29. The highest BCUT2D eigenvalue weighted by molar-refractivity contribution is 5.74. The fourth-order valence-electron chi connectivity index (χ4n) is 1.53. The number of carboxylic acid groups (broad SMARTS) is 1. The molecule has 11 heteroatoms. The van der Waals surface area contributed by atoms with E-state index in [-0.39, 0.29) is 6.54 Å².